The highest BCUT2D eigenvalue weighted by atomic mass is 16.1. The Labute approximate surface area is 90.7 Å². The molecule has 0 aliphatic rings. The third kappa shape index (κ3) is 2.85. The Morgan fingerprint density at radius 1 is 1.20 bits per heavy atom. The number of aryl methyl sites for hydroxylation is 3. The highest BCUT2D eigenvalue weighted by Crippen LogP contribution is 2.14. The summed E-state index contributed by atoms with van der Waals surface area (Å²) < 4.78 is 0. The van der Waals surface area contributed by atoms with E-state index in [1.165, 1.54) is 5.56 Å². The Balaban J connectivity index is 3.14. The molecule has 1 amide bonds. The van der Waals surface area contributed by atoms with Crippen molar-refractivity contribution in [3.05, 3.63) is 34.4 Å². The van der Waals surface area contributed by atoms with Crippen molar-refractivity contribution in [2.24, 2.45) is 0 Å². The Hall–Kier alpha value is -1.75. The number of carbonyl (C=O) groups is 1. The summed E-state index contributed by atoms with van der Waals surface area (Å²) in [6, 6.07) is 4.14. The van der Waals surface area contributed by atoms with Gasteiger partial charge in [0.25, 0.3) is 5.91 Å². The van der Waals surface area contributed by atoms with Crippen molar-refractivity contribution >= 4 is 5.91 Å². The van der Waals surface area contributed by atoms with E-state index in [2.05, 4.69) is 36.2 Å². The third-order valence-corrected chi connectivity index (χ3v) is 2.21. The molecule has 1 aromatic carbocycles. The molecule has 1 aromatic rings. The topological polar surface area (TPSA) is 29.1 Å². The van der Waals surface area contributed by atoms with Crippen LogP contribution < -0.4 is 5.32 Å². The molecule has 0 saturated carbocycles. The predicted molar refractivity (Wildman–Crippen MR) is 61.6 cm³/mol. The second-order valence-corrected chi connectivity index (χ2v) is 3.60. The van der Waals surface area contributed by atoms with E-state index >= 15 is 0 Å². The fourth-order valence-electron chi connectivity index (χ4n) is 1.56. The molecule has 0 unspecified atom stereocenters. The van der Waals surface area contributed by atoms with Gasteiger partial charge in [-0.15, -0.1) is 0 Å². The molecule has 2 nitrogen and oxygen atoms in total. The smallest absolute Gasteiger partial charge is 0.295 e. The molecule has 0 radical (unpaired) electrons. The summed E-state index contributed by atoms with van der Waals surface area (Å²) >= 11 is 0. The number of nitrogens with one attached hydrogen (secondary N) is 1. The van der Waals surface area contributed by atoms with Gasteiger partial charge in [-0.2, -0.15) is 0 Å². The van der Waals surface area contributed by atoms with Crippen LogP contribution in [0.4, 0.5) is 0 Å². The van der Waals surface area contributed by atoms with Crippen LogP contribution in [0, 0.1) is 32.6 Å². The molecule has 2 heteroatoms. The second-order valence-electron chi connectivity index (χ2n) is 3.60. The van der Waals surface area contributed by atoms with Crippen LogP contribution in [0.25, 0.3) is 0 Å². The summed E-state index contributed by atoms with van der Waals surface area (Å²) in [5, 5.41) is 2.47. The molecule has 0 aliphatic carbocycles. The van der Waals surface area contributed by atoms with Gasteiger partial charge in [0.15, 0.2) is 0 Å². The summed E-state index contributed by atoms with van der Waals surface area (Å²) in [5.41, 5.74) is 4.40. The number of carbonyl (C=O) groups excluding carboxylic acids is 1. The van der Waals surface area contributed by atoms with Gasteiger partial charge in [-0.3, -0.25) is 4.79 Å². The van der Waals surface area contributed by atoms with E-state index in [0.29, 0.717) is 0 Å². The number of amides is 1. The molecule has 0 atom stereocenters. The van der Waals surface area contributed by atoms with E-state index < -0.39 is 0 Å². The first-order valence-electron chi connectivity index (χ1n) is 4.86. The van der Waals surface area contributed by atoms with Crippen molar-refractivity contribution in [1.29, 1.82) is 0 Å². The van der Waals surface area contributed by atoms with Crippen molar-refractivity contribution < 1.29 is 4.79 Å². The Kier molecular flexibility index (Phi) is 3.51. The molecule has 1 rings (SSSR count). The quantitative estimate of drug-likeness (QED) is 0.636. The number of benzene rings is 1. The molecule has 78 valence electrons. The summed E-state index contributed by atoms with van der Waals surface area (Å²) in [5.74, 6) is 5.19. The van der Waals surface area contributed by atoms with Crippen LogP contribution in [-0.4, -0.2) is 13.0 Å². The minimum atomic E-state index is -0.255. The molecular formula is C13H15NO. The molecule has 0 saturated heterocycles. The normalized spacial score (nSPS) is 9.07. The van der Waals surface area contributed by atoms with Crippen LogP contribution in [0.15, 0.2) is 12.1 Å². The molecular weight excluding hydrogens is 186 g/mol. The molecule has 15 heavy (non-hydrogen) atoms. The van der Waals surface area contributed by atoms with Gasteiger partial charge < -0.3 is 5.32 Å². The minimum Gasteiger partial charge on any atom is -0.348 e. The second kappa shape index (κ2) is 4.65. The maximum absolute atomic E-state index is 11.0. The highest BCUT2D eigenvalue weighted by Gasteiger charge is 2.00. The van der Waals surface area contributed by atoms with Gasteiger partial charge in [0, 0.05) is 18.5 Å². The molecule has 0 fully saturated rings. The zero-order valence-corrected chi connectivity index (χ0v) is 9.56. The number of hydrogen-bond acceptors (Lipinski definition) is 1. The Bertz CT molecular complexity index is 426. The summed E-state index contributed by atoms with van der Waals surface area (Å²) in [6.07, 6.45) is 0. The molecule has 0 aromatic heterocycles. The average Bonchev–Trinajstić information content (AvgIpc) is 2.15. The highest BCUT2D eigenvalue weighted by molar-refractivity contribution is 5.93. The zero-order chi connectivity index (χ0) is 11.4. The van der Waals surface area contributed by atoms with E-state index in [0.717, 1.165) is 16.7 Å². The Morgan fingerprint density at radius 3 is 2.20 bits per heavy atom. The van der Waals surface area contributed by atoms with Crippen molar-refractivity contribution in [1.82, 2.24) is 5.32 Å². The summed E-state index contributed by atoms with van der Waals surface area (Å²) in [7, 11) is 1.58. The zero-order valence-electron chi connectivity index (χ0n) is 9.56. The van der Waals surface area contributed by atoms with Gasteiger partial charge in [-0.05, 0) is 31.9 Å². The first-order valence-corrected chi connectivity index (χ1v) is 4.86. The lowest BCUT2D eigenvalue weighted by Crippen LogP contribution is -2.14. The van der Waals surface area contributed by atoms with Crippen LogP contribution in [0.2, 0.25) is 0 Å². The summed E-state index contributed by atoms with van der Waals surface area (Å²) in [6.45, 7) is 6.07. The van der Waals surface area contributed by atoms with Gasteiger partial charge in [0.2, 0.25) is 0 Å². The lowest BCUT2D eigenvalue weighted by atomic mass is 10.0. The maximum atomic E-state index is 11.0. The SMILES string of the molecule is CNC(=O)C#Cc1c(C)cc(C)cc1C. The van der Waals surface area contributed by atoms with Gasteiger partial charge in [0.05, 0.1) is 0 Å². The molecule has 0 spiro atoms. The van der Waals surface area contributed by atoms with E-state index in [-0.39, 0.29) is 5.91 Å². The lowest BCUT2D eigenvalue weighted by molar-refractivity contribution is -0.115. The minimum absolute atomic E-state index is 0.255. The van der Waals surface area contributed by atoms with E-state index in [1.54, 1.807) is 7.05 Å². The Morgan fingerprint density at radius 2 is 1.73 bits per heavy atom. The van der Waals surface area contributed by atoms with Gasteiger partial charge >= 0.3 is 0 Å². The predicted octanol–water partition coefficient (Wildman–Crippen LogP) is 1.71. The number of rotatable bonds is 0. The van der Waals surface area contributed by atoms with Gasteiger partial charge in [-0.25, -0.2) is 0 Å². The fourth-order valence-corrected chi connectivity index (χ4v) is 1.56. The average molecular weight is 201 g/mol. The van der Waals surface area contributed by atoms with Crippen molar-refractivity contribution in [2.45, 2.75) is 20.8 Å². The van der Waals surface area contributed by atoms with Crippen LogP contribution in [0.5, 0.6) is 0 Å². The number of hydrogen-bond donors (Lipinski definition) is 1. The largest absolute Gasteiger partial charge is 0.348 e. The first-order chi connectivity index (χ1) is 7.04. The molecule has 0 aliphatic heterocycles. The standard InChI is InChI=1S/C13H15NO/c1-9-7-10(2)12(11(3)8-9)5-6-13(15)14-4/h7-8H,1-4H3,(H,14,15). The van der Waals surface area contributed by atoms with Crippen LogP contribution in [0.1, 0.15) is 22.3 Å². The van der Waals surface area contributed by atoms with Crippen LogP contribution >= 0.6 is 0 Å². The summed E-state index contributed by atoms with van der Waals surface area (Å²) in [4.78, 5) is 11.0. The van der Waals surface area contributed by atoms with E-state index in [9.17, 15) is 4.79 Å². The van der Waals surface area contributed by atoms with Crippen molar-refractivity contribution in [3.8, 4) is 11.8 Å². The molecule has 0 bridgehead atoms. The van der Waals surface area contributed by atoms with Crippen molar-refractivity contribution in [3.63, 3.8) is 0 Å². The first kappa shape index (κ1) is 11.3. The monoisotopic (exact) mass is 201 g/mol. The maximum Gasteiger partial charge on any atom is 0.295 e. The van der Waals surface area contributed by atoms with Crippen LogP contribution in [0.3, 0.4) is 0 Å². The van der Waals surface area contributed by atoms with Gasteiger partial charge in [0.1, 0.15) is 0 Å². The molecule has 0 heterocycles. The van der Waals surface area contributed by atoms with Crippen molar-refractivity contribution in [2.75, 3.05) is 7.05 Å². The molecule has 1 N–H and O–H groups in total. The lowest BCUT2D eigenvalue weighted by Gasteiger charge is -2.04. The van der Waals surface area contributed by atoms with Gasteiger partial charge in [-0.1, -0.05) is 23.6 Å². The fraction of sp³-hybridized carbons (Fsp3) is 0.308. The van der Waals surface area contributed by atoms with E-state index in [1.807, 2.05) is 13.8 Å². The third-order valence-electron chi connectivity index (χ3n) is 2.21. The van der Waals surface area contributed by atoms with E-state index in [4.69, 9.17) is 0 Å². The van der Waals surface area contributed by atoms with Crippen LogP contribution in [-0.2, 0) is 4.79 Å².